The standard InChI is InChI=1S/C17H23N3O2/c18-14-17(6-2-1-3-7-17)16(21)20-10-8-19(9-11-20)13-15-5-4-12-22-15/h4-5,12H,1-3,6-11,13H2. The molecule has 1 aromatic rings. The lowest BCUT2D eigenvalue weighted by atomic mass is 9.74. The molecule has 22 heavy (non-hydrogen) atoms. The molecule has 1 aliphatic carbocycles. The van der Waals surface area contributed by atoms with Crippen LogP contribution in [0.25, 0.3) is 0 Å². The van der Waals surface area contributed by atoms with Gasteiger partial charge in [-0.25, -0.2) is 0 Å². The van der Waals surface area contributed by atoms with Gasteiger partial charge in [0.05, 0.1) is 18.9 Å². The number of furan rings is 1. The first kappa shape index (κ1) is 15.1. The maximum atomic E-state index is 12.8. The molecule has 1 aromatic heterocycles. The van der Waals surface area contributed by atoms with Crippen molar-refractivity contribution in [1.29, 1.82) is 5.26 Å². The van der Waals surface area contributed by atoms with E-state index in [1.165, 1.54) is 0 Å². The summed E-state index contributed by atoms with van der Waals surface area (Å²) in [5, 5.41) is 9.55. The molecule has 3 rings (SSSR count). The van der Waals surface area contributed by atoms with Crippen LogP contribution in [0.5, 0.6) is 0 Å². The van der Waals surface area contributed by atoms with Crippen LogP contribution in [0, 0.1) is 16.7 Å². The van der Waals surface area contributed by atoms with Gasteiger partial charge in [-0.3, -0.25) is 9.69 Å². The predicted molar refractivity (Wildman–Crippen MR) is 81.7 cm³/mol. The number of hydrogen-bond acceptors (Lipinski definition) is 4. The molecule has 0 spiro atoms. The second-order valence-corrected chi connectivity index (χ2v) is 6.40. The molecule has 1 saturated heterocycles. The lowest BCUT2D eigenvalue weighted by molar-refractivity contribution is -0.142. The Morgan fingerprint density at radius 3 is 2.55 bits per heavy atom. The summed E-state index contributed by atoms with van der Waals surface area (Å²) in [6, 6.07) is 6.22. The predicted octanol–water partition coefficient (Wildman–Crippen LogP) is 2.40. The molecule has 0 radical (unpaired) electrons. The first-order valence-electron chi connectivity index (χ1n) is 8.19. The summed E-state index contributed by atoms with van der Waals surface area (Å²) >= 11 is 0. The molecule has 1 saturated carbocycles. The van der Waals surface area contributed by atoms with E-state index in [2.05, 4.69) is 11.0 Å². The molecule has 0 aromatic carbocycles. The van der Waals surface area contributed by atoms with Crippen LogP contribution in [0.2, 0.25) is 0 Å². The Labute approximate surface area is 131 Å². The largest absolute Gasteiger partial charge is 0.468 e. The van der Waals surface area contributed by atoms with E-state index >= 15 is 0 Å². The summed E-state index contributed by atoms with van der Waals surface area (Å²) in [5.74, 6) is 1.02. The minimum Gasteiger partial charge on any atom is -0.468 e. The molecule has 1 amide bonds. The molecule has 2 fully saturated rings. The average molecular weight is 301 g/mol. The molecule has 0 unspecified atom stereocenters. The third-order valence-corrected chi connectivity index (χ3v) is 4.95. The van der Waals surface area contributed by atoms with E-state index < -0.39 is 5.41 Å². The number of piperazine rings is 1. The highest BCUT2D eigenvalue weighted by Gasteiger charge is 2.43. The number of carbonyl (C=O) groups is 1. The SMILES string of the molecule is N#CC1(C(=O)N2CCN(Cc3ccco3)CC2)CCCCC1. The Balaban J connectivity index is 1.56. The number of amides is 1. The lowest BCUT2D eigenvalue weighted by Gasteiger charge is -2.39. The fourth-order valence-corrected chi connectivity index (χ4v) is 3.56. The van der Waals surface area contributed by atoms with Crippen molar-refractivity contribution in [2.45, 2.75) is 38.6 Å². The monoisotopic (exact) mass is 301 g/mol. The van der Waals surface area contributed by atoms with Crippen LogP contribution < -0.4 is 0 Å². The summed E-state index contributed by atoms with van der Waals surface area (Å²) in [7, 11) is 0. The smallest absolute Gasteiger partial charge is 0.243 e. The van der Waals surface area contributed by atoms with Crippen LogP contribution >= 0.6 is 0 Å². The summed E-state index contributed by atoms with van der Waals surface area (Å²) in [5.41, 5.74) is -0.749. The number of rotatable bonds is 3. The molecule has 0 N–H and O–H groups in total. The Bertz CT molecular complexity index is 533. The van der Waals surface area contributed by atoms with Gasteiger partial charge in [-0.05, 0) is 25.0 Å². The van der Waals surface area contributed by atoms with E-state index in [0.29, 0.717) is 13.1 Å². The van der Waals surface area contributed by atoms with Gasteiger partial charge in [-0.2, -0.15) is 5.26 Å². The number of nitriles is 1. The highest BCUT2D eigenvalue weighted by molar-refractivity contribution is 5.85. The Kier molecular flexibility index (Phi) is 4.49. The molecule has 2 aliphatic rings. The molecule has 0 bridgehead atoms. The third-order valence-electron chi connectivity index (χ3n) is 4.95. The fraction of sp³-hybridized carbons (Fsp3) is 0.647. The van der Waals surface area contributed by atoms with E-state index in [1.54, 1.807) is 6.26 Å². The summed E-state index contributed by atoms with van der Waals surface area (Å²) < 4.78 is 5.37. The summed E-state index contributed by atoms with van der Waals surface area (Å²) in [6.07, 6.45) is 6.29. The lowest BCUT2D eigenvalue weighted by Crippen LogP contribution is -2.53. The zero-order chi connectivity index (χ0) is 15.4. The fourth-order valence-electron chi connectivity index (χ4n) is 3.56. The van der Waals surface area contributed by atoms with Crippen molar-refractivity contribution in [3.8, 4) is 6.07 Å². The maximum Gasteiger partial charge on any atom is 0.243 e. The summed E-state index contributed by atoms with van der Waals surface area (Å²) in [4.78, 5) is 17.0. The van der Waals surface area contributed by atoms with Gasteiger partial charge in [0.25, 0.3) is 0 Å². The van der Waals surface area contributed by atoms with Crippen LogP contribution in [0.1, 0.15) is 37.9 Å². The number of nitrogens with zero attached hydrogens (tertiary/aromatic N) is 3. The zero-order valence-electron chi connectivity index (χ0n) is 13.0. The van der Waals surface area contributed by atoms with Crippen LogP contribution in [0.3, 0.4) is 0 Å². The molecule has 5 nitrogen and oxygen atoms in total. The highest BCUT2D eigenvalue weighted by atomic mass is 16.3. The minimum absolute atomic E-state index is 0.0624. The molecular weight excluding hydrogens is 278 g/mol. The molecule has 5 heteroatoms. The van der Waals surface area contributed by atoms with Crippen LogP contribution in [0.15, 0.2) is 22.8 Å². The van der Waals surface area contributed by atoms with Gasteiger partial charge in [-0.1, -0.05) is 19.3 Å². The Morgan fingerprint density at radius 1 is 1.23 bits per heavy atom. The first-order valence-corrected chi connectivity index (χ1v) is 8.19. The van der Waals surface area contributed by atoms with Crippen LogP contribution in [0.4, 0.5) is 0 Å². The van der Waals surface area contributed by atoms with Crippen molar-refractivity contribution >= 4 is 5.91 Å². The van der Waals surface area contributed by atoms with Gasteiger partial charge in [0.1, 0.15) is 11.2 Å². The Hall–Kier alpha value is -1.80. The van der Waals surface area contributed by atoms with Gasteiger partial charge in [0.15, 0.2) is 0 Å². The van der Waals surface area contributed by atoms with Gasteiger partial charge in [0.2, 0.25) is 5.91 Å². The first-order chi connectivity index (χ1) is 10.7. The Morgan fingerprint density at radius 2 is 1.95 bits per heavy atom. The van der Waals surface area contributed by atoms with Crippen molar-refractivity contribution < 1.29 is 9.21 Å². The number of hydrogen-bond donors (Lipinski definition) is 0. The second kappa shape index (κ2) is 6.53. The van der Waals surface area contributed by atoms with Gasteiger partial charge < -0.3 is 9.32 Å². The van der Waals surface area contributed by atoms with Crippen molar-refractivity contribution in [2.24, 2.45) is 5.41 Å². The molecule has 0 atom stereocenters. The topological polar surface area (TPSA) is 60.5 Å². The van der Waals surface area contributed by atoms with Crippen LogP contribution in [-0.2, 0) is 11.3 Å². The van der Waals surface area contributed by atoms with Crippen molar-refractivity contribution in [1.82, 2.24) is 9.80 Å². The van der Waals surface area contributed by atoms with E-state index in [0.717, 1.165) is 57.5 Å². The average Bonchev–Trinajstić information content (AvgIpc) is 3.08. The minimum atomic E-state index is -0.749. The van der Waals surface area contributed by atoms with Gasteiger partial charge in [0, 0.05) is 26.2 Å². The van der Waals surface area contributed by atoms with E-state index in [-0.39, 0.29) is 5.91 Å². The van der Waals surface area contributed by atoms with E-state index in [4.69, 9.17) is 4.42 Å². The molecule has 1 aliphatic heterocycles. The van der Waals surface area contributed by atoms with Crippen molar-refractivity contribution in [3.63, 3.8) is 0 Å². The molecule has 118 valence electrons. The quantitative estimate of drug-likeness (QED) is 0.860. The van der Waals surface area contributed by atoms with Gasteiger partial charge in [-0.15, -0.1) is 0 Å². The summed E-state index contributed by atoms with van der Waals surface area (Å²) in [6.45, 7) is 3.90. The molecule has 2 heterocycles. The highest BCUT2D eigenvalue weighted by Crippen LogP contribution is 2.37. The van der Waals surface area contributed by atoms with Crippen LogP contribution in [-0.4, -0.2) is 41.9 Å². The molecular formula is C17H23N3O2. The van der Waals surface area contributed by atoms with Gasteiger partial charge >= 0.3 is 0 Å². The van der Waals surface area contributed by atoms with Crippen molar-refractivity contribution in [3.05, 3.63) is 24.2 Å². The van der Waals surface area contributed by atoms with Crippen molar-refractivity contribution in [2.75, 3.05) is 26.2 Å². The maximum absolute atomic E-state index is 12.8. The zero-order valence-corrected chi connectivity index (χ0v) is 13.0. The van der Waals surface area contributed by atoms with E-state index in [1.807, 2.05) is 17.0 Å². The number of carbonyl (C=O) groups excluding carboxylic acids is 1. The third kappa shape index (κ3) is 3.02. The second-order valence-electron chi connectivity index (χ2n) is 6.40. The van der Waals surface area contributed by atoms with E-state index in [9.17, 15) is 10.1 Å². The normalized spacial score (nSPS) is 22.2.